The van der Waals surface area contributed by atoms with Gasteiger partial charge in [0.15, 0.2) is 0 Å². The molecule has 1 aliphatic rings. The number of nitrogens with one attached hydrogen (secondary N) is 1. The Morgan fingerprint density at radius 1 is 1.09 bits per heavy atom. The first kappa shape index (κ1) is 18.9. The van der Waals surface area contributed by atoms with E-state index in [4.69, 9.17) is 9.57 Å². The SMILES string of the molecule is CC(C)[C@@](C)(NC(=O)OC(C)(C)C)C(=O)ON1C(=O)CCC1=O. The molecule has 0 bridgehead atoms. The number of hydroxylamine groups is 2. The molecule has 0 spiro atoms. The normalized spacial score (nSPS) is 18.0. The fourth-order valence-electron chi connectivity index (χ4n) is 1.78. The number of hydrogen-bond acceptors (Lipinski definition) is 6. The van der Waals surface area contributed by atoms with Crippen LogP contribution in [0.1, 0.15) is 54.4 Å². The van der Waals surface area contributed by atoms with Crippen LogP contribution < -0.4 is 5.32 Å². The molecular formula is C15H24N2O6. The second kappa shape index (κ2) is 6.55. The van der Waals surface area contributed by atoms with Gasteiger partial charge in [-0.25, -0.2) is 9.59 Å². The highest BCUT2D eigenvalue weighted by Crippen LogP contribution is 2.22. The highest BCUT2D eigenvalue weighted by atomic mass is 16.7. The first-order valence-corrected chi connectivity index (χ1v) is 7.46. The lowest BCUT2D eigenvalue weighted by atomic mass is 9.89. The molecule has 1 heterocycles. The summed E-state index contributed by atoms with van der Waals surface area (Å²) >= 11 is 0. The number of nitrogens with zero attached hydrogens (tertiary/aromatic N) is 1. The molecule has 0 aromatic carbocycles. The first-order chi connectivity index (χ1) is 10.4. The Kier molecular flexibility index (Phi) is 5.39. The van der Waals surface area contributed by atoms with E-state index >= 15 is 0 Å². The molecule has 3 amide bonds. The summed E-state index contributed by atoms with van der Waals surface area (Å²) in [4.78, 5) is 52.4. The zero-order valence-electron chi connectivity index (χ0n) is 14.4. The maximum Gasteiger partial charge on any atom is 0.408 e. The molecule has 130 valence electrons. The van der Waals surface area contributed by atoms with Crippen molar-refractivity contribution in [2.75, 3.05) is 0 Å². The van der Waals surface area contributed by atoms with E-state index in [2.05, 4.69) is 5.32 Å². The summed E-state index contributed by atoms with van der Waals surface area (Å²) < 4.78 is 5.14. The highest BCUT2D eigenvalue weighted by Gasteiger charge is 2.44. The number of rotatable bonds is 4. The third-order valence-electron chi connectivity index (χ3n) is 3.52. The third kappa shape index (κ3) is 4.67. The second-order valence-corrected chi connectivity index (χ2v) is 6.94. The van der Waals surface area contributed by atoms with E-state index in [1.807, 2.05) is 0 Å². The van der Waals surface area contributed by atoms with E-state index in [1.165, 1.54) is 6.92 Å². The van der Waals surface area contributed by atoms with Crippen LogP contribution in [0.25, 0.3) is 0 Å². The molecule has 0 saturated carbocycles. The molecule has 8 heteroatoms. The molecule has 0 aromatic rings. The lowest BCUT2D eigenvalue weighted by Crippen LogP contribution is -2.58. The van der Waals surface area contributed by atoms with Crippen LogP contribution in [0, 0.1) is 5.92 Å². The quantitative estimate of drug-likeness (QED) is 0.785. The maximum absolute atomic E-state index is 12.4. The van der Waals surface area contributed by atoms with Crippen LogP contribution in [-0.4, -0.2) is 40.1 Å². The van der Waals surface area contributed by atoms with Crippen molar-refractivity contribution in [2.45, 2.75) is 65.5 Å². The standard InChI is InChI=1S/C15H24N2O6/c1-9(2)15(6,16-13(21)22-14(3,4)5)12(20)23-17-10(18)7-8-11(17)19/h9H,7-8H2,1-6H3,(H,16,21)/t15-/m1/s1. The molecular weight excluding hydrogens is 304 g/mol. The van der Waals surface area contributed by atoms with Crippen molar-refractivity contribution in [1.29, 1.82) is 0 Å². The van der Waals surface area contributed by atoms with Crippen LogP contribution in [0.4, 0.5) is 4.79 Å². The minimum absolute atomic E-state index is 0.00397. The van der Waals surface area contributed by atoms with Crippen LogP contribution in [0.15, 0.2) is 0 Å². The van der Waals surface area contributed by atoms with Gasteiger partial charge >= 0.3 is 12.1 Å². The molecule has 0 radical (unpaired) electrons. The summed E-state index contributed by atoms with van der Waals surface area (Å²) in [6.07, 6.45) is -0.779. The summed E-state index contributed by atoms with van der Waals surface area (Å²) in [5, 5.41) is 2.93. The summed E-state index contributed by atoms with van der Waals surface area (Å²) in [5.74, 6) is -2.42. The van der Waals surface area contributed by atoms with Gasteiger partial charge in [0.2, 0.25) is 0 Å². The highest BCUT2D eigenvalue weighted by molar-refractivity contribution is 6.02. The molecule has 23 heavy (non-hydrogen) atoms. The zero-order valence-corrected chi connectivity index (χ0v) is 14.4. The smallest absolute Gasteiger partial charge is 0.408 e. The lowest BCUT2D eigenvalue weighted by Gasteiger charge is -2.33. The zero-order chi connectivity index (χ0) is 18.0. The number of hydrogen-bond donors (Lipinski definition) is 1. The van der Waals surface area contributed by atoms with E-state index < -0.39 is 35.0 Å². The average molecular weight is 328 g/mol. The number of carbonyl (C=O) groups excluding carboxylic acids is 4. The lowest BCUT2D eigenvalue weighted by molar-refractivity contribution is -0.203. The van der Waals surface area contributed by atoms with Crippen LogP contribution in [0.2, 0.25) is 0 Å². The monoisotopic (exact) mass is 328 g/mol. The van der Waals surface area contributed by atoms with Crippen LogP contribution >= 0.6 is 0 Å². The first-order valence-electron chi connectivity index (χ1n) is 7.46. The maximum atomic E-state index is 12.4. The number of imide groups is 1. The van der Waals surface area contributed by atoms with Gasteiger partial charge in [-0.05, 0) is 33.6 Å². The largest absolute Gasteiger partial charge is 0.444 e. The fourth-order valence-corrected chi connectivity index (χ4v) is 1.78. The Hall–Kier alpha value is -2.12. The summed E-state index contributed by atoms with van der Waals surface area (Å²) in [7, 11) is 0. The molecule has 0 aromatic heterocycles. The molecule has 8 nitrogen and oxygen atoms in total. The second-order valence-electron chi connectivity index (χ2n) is 6.94. The summed E-state index contributed by atoms with van der Waals surface area (Å²) in [6.45, 7) is 9.94. The van der Waals surface area contributed by atoms with E-state index in [1.54, 1.807) is 34.6 Å². The molecule has 1 atom stereocenters. The predicted octanol–water partition coefficient (Wildman–Crippen LogP) is 1.53. The van der Waals surface area contributed by atoms with Crippen LogP contribution in [0.3, 0.4) is 0 Å². The molecule has 1 rings (SSSR count). The number of carbonyl (C=O) groups is 4. The minimum atomic E-state index is -1.45. The minimum Gasteiger partial charge on any atom is -0.444 e. The van der Waals surface area contributed by atoms with Crippen molar-refractivity contribution < 1.29 is 28.8 Å². The molecule has 1 saturated heterocycles. The van der Waals surface area contributed by atoms with Gasteiger partial charge in [0.1, 0.15) is 11.1 Å². The molecule has 0 aliphatic carbocycles. The number of amides is 3. The van der Waals surface area contributed by atoms with Crippen molar-refractivity contribution in [3.05, 3.63) is 0 Å². The molecule has 1 fully saturated rings. The Morgan fingerprint density at radius 3 is 1.96 bits per heavy atom. The Labute approximate surface area is 135 Å². The van der Waals surface area contributed by atoms with E-state index in [0.717, 1.165) is 0 Å². The number of ether oxygens (including phenoxy) is 1. The van der Waals surface area contributed by atoms with Crippen LogP contribution in [-0.2, 0) is 24.0 Å². The Bertz CT molecular complexity index is 507. The van der Waals surface area contributed by atoms with Gasteiger partial charge in [0.25, 0.3) is 11.8 Å². The van der Waals surface area contributed by atoms with E-state index in [9.17, 15) is 19.2 Å². The van der Waals surface area contributed by atoms with Crippen LogP contribution in [0.5, 0.6) is 0 Å². The summed E-state index contributed by atoms with van der Waals surface area (Å²) in [6, 6.07) is 0. The van der Waals surface area contributed by atoms with Crippen molar-refractivity contribution in [2.24, 2.45) is 5.92 Å². The average Bonchev–Trinajstić information content (AvgIpc) is 2.67. The van der Waals surface area contributed by atoms with Gasteiger partial charge in [-0.2, -0.15) is 0 Å². The van der Waals surface area contributed by atoms with Crippen molar-refractivity contribution in [3.63, 3.8) is 0 Å². The van der Waals surface area contributed by atoms with Gasteiger partial charge in [-0.3, -0.25) is 9.59 Å². The third-order valence-corrected chi connectivity index (χ3v) is 3.52. The van der Waals surface area contributed by atoms with Gasteiger partial charge in [-0.15, -0.1) is 5.06 Å². The summed E-state index contributed by atoms with van der Waals surface area (Å²) in [5.41, 5.74) is -2.18. The van der Waals surface area contributed by atoms with Crippen molar-refractivity contribution >= 4 is 23.9 Å². The Morgan fingerprint density at radius 2 is 1.57 bits per heavy atom. The number of alkyl carbamates (subject to hydrolysis) is 1. The van der Waals surface area contributed by atoms with Crippen molar-refractivity contribution in [1.82, 2.24) is 10.4 Å². The topological polar surface area (TPSA) is 102 Å². The van der Waals surface area contributed by atoms with Gasteiger partial charge in [0.05, 0.1) is 0 Å². The van der Waals surface area contributed by atoms with E-state index in [-0.39, 0.29) is 18.8 Å². The molecule has 1 N–H and O–H groups in total. The molecule has 0 unspecified atom stereocenters. The predicted molar refractivity (Wildman–Crippen MR) is 79.8 cm³/mol. The Balaban J connectivity index is 2.87. The van der Waals surface area contributed by atoms with E-state index in [0.29, 0.717) is 5.06 Å². The fraction of sp³-hybridized carbons (Fsp3) is 0.733. The molecule has 1 aliphatic heterocycles. The van der Waals surface area contributed by atoms with Crippen molar-refractivity contribution in [3.8, 4) is 0 Å². The van der Waals surface area contributed by atoms with Gasteiger partial charge in [-0.1, -0.05) is 13.8 Å². The van der Waals surface area contributed by atoms with Gasteiger partial charge < -0.3 is 14.9 Å². The van der Waals surface area contributed by atoms with Gasteiger partial charge in [0, 0.05) is 12.8 Å².